The standard InChI is InChI=1S/C10H20NO/c1-11(12-2)7-9-4-3-5-10(6-9)8-11/h9-10H,3-8H2,1-2H3/q+1. The molecular formula is C10H20NO+. The first-order valence-corrected chi connectivity index (χ1v) is 5.12. The summed E-state index contributed by atoms with van der Waals surface area (Å²) in [6.07, 6.45) is 5.80. The highest BCUT2D eigenvalue weighted by atomic mass is 16.7. The van der Waals surface area contributed by atoms with Gasteiger partial charge in [-0.05, 0) is 19.3 Å². The van der Waals surface area contributed by atoms with Gasteiger partial charge in [-0.15, -0.1) is 0 Å². The second-order valence-electron chi connectivity index (χ2n) is 4.74. The maximum Gasteiger partial charge on any atom is 0.111 e. The van der Waals surface area contributed by atoms with E-state index in [1.807, 2.05) is 7.11 Å². The van der Waals surface area contributed by atoms with E-state index in [2.05, 4.69) is 7.05 Å². The van der Waals surface area contributed by atoms with Crippen LogP contribution in [0.3, 0.4) is 0 Å². The molecule has 1 saturated carbocycles. The number of hydrogen-bond acceptors (Lipinski definition) is 1. The molecule has 0 aromatic heterocycles. The first-order chi connectivity index (χ1) is 5.72. The van der Waals surface area contributed by atoms with E-state index in [0.29, 0.717) is 0 Å². The fourth-order valence-electron chi connectivity index (χ4n) is 3.05. The van der Waals surface area contributed by atoms with Crippen molar-refractivity contribution >= 4 is 0 Å². The molecule has 1 aliphatic carbocycles. The number of hydroxylamine groups is 3. The molecule has 0 spiro atoms. The van der Waals surface area contributed by atoms with E-state index in [1.165, 1.54) is 38.8 Å². The van der Waals surface area contributed by atoms with Crippen molar-refractivity contribution in [3.05, 3.63) is 0 Å². The van der Waals surface area contributed by atoms with Gasteiger partial charge in [-0.3, -0.25) is 0 Å². The highest BCUT2D eigenvalue weighted by Crippen LogP contribution is 2.36. The summed E-state index contributed by atoms with van der Waals surface area (Å²) in [5.41, 5.74) is 0. The molecule has 2 aliphatic rings. The third-order valence-electron chi connectivity index (χ3n) is 3.62. The molecule has 2 heteroatoms. The Labute approximate surface area is 75.0 Å². The van der Waals surface area contributed by atoms with Crippen molar-refractivity contribution in [3.8, 4) is 0 Å². The monoisotopic (exact) mass is 170 g/mol. The topological polar surface area (TPSA) is 9.23 Å². The Balaban J connectivity index is 2.05. The summed E-state index contributed by atoms with van der Waals surface area (Å²) in [5.74, 6) is 1.89. The summed E-state index contributed by atoms with van der Waals surface area (Å²) in [7, 11) is 4.07. The molecule has 1 aliphatic heterocycles. The van der Waals surface area contributed by atoms with Gasteiger partial charge in [0, 0.05) is 11.8 Å². The van der Waals surface area contributed by atoms with Crippen LogP contribution in [-0.2, 0) is 4.84 Å². The molecule has 2 fully saturated rings. The molecule has 1 saturated heterocycles. The van der Waals surface area contributed by atoms with E-state index >= 15 is 0 Å². The maximum atomic E-state index is 5.55. The Hall–Kier alpha value is -0.0800. The molecule has 0 N–H and O–H groups in total. The van der Waals surface area contributed by atoms with Crippen LogP contribution >= 0.6 is 0 Å². The van der Waals surface area contributed by atoms with Gasteiger partial charge in [0.05, 0.1) is 14.2 Å². The van der Waals surface area contributed by atoms with Crippen LogP contribution < -0.4 is 0 Å². The van der Waals surface area contributed by atoms with Crippen LogP contribution in [0, 0.1) is 11.8 Å². The van der Waals surface area contributed by atoms with Gasteiger partial charge in [0.1, 0.15) is 13.1 Å². The molecule has 12 heavy (non-hydrogen) atoms. The fraction of sp³-hybridized carbons (Fsp3) is 1.00. The lowest BCUT2D eigenvalue weighted by atomic mass is 9.78. The lowest BCUT2D eigenvalue weighted by Gasteiger charge is -2.44. The number of quaternary nitrogens is 1. The van der Waals surface area contributed by atoms with Gasteiger partial charge in [0.25, 0.3) is 0 Å². The fourth-order valence-corrected chi connectivity index (χ4v) is 3.05. The van der Waals surface area contributed by atoms with Gasteiger partial charge in [0.2, 0.25) is 0 Å². The Kier molecular flexibility index (Phi) is 2.13. The van der Waals surface area contributed by atoms with Crippen molar-refractivity contribution in [2.45, 2.75) is 25.7 Å². The summed E-state index contributed by atoms with van der Waals surface area (Å²) in [6, 6.07) is 0. The third-order valence-corrected chi connectivity index (χ3v) is 3.62. The Morgan fingerprint density at radius 1 is 1.17 bits per heavy atom. The van der Waals surface area contributed by atoms with Gasteiger partial charge in [0.15, 0.2) is 0 Å². The van der Waals surface area contributed by atoms with Gasteiger partial charge >= 0.3 is 0 Å². The molecule has 0 amide bonds. The van der Waals surface area contributed by atoms with Crippen LogP contribution in [0.25, 0.3) is 0 Å². The van der Waals surface area contributed by atoms with Gasteiger partial charge in [-0.25, -0.2) is 4.84 Å². The largest absolute Gasteiger partial charge is 0.206 e. The number of likely N-dealkylation sites (tertiary alicyclic amines) is 1. The Morgan fingerprint density at radius 3 is 2.25 bits per heavy atom. The zero-order chi connectivity index (χ0) is 8.60. The second-order valence-corrected chi connectivity index (χ2v) is 4.74. The number of piperidine rings is 1. The lowest BCUT2D eigenvalue weighted by molar-refractivity contribution is -1.10. The minimum Gasteiger partial charge on any atom is -0.206 e. The van der Waals surface area contributed by atoms with Crippen LogP contribution in [0.1, 0.15) is 25.7 Å². The molecule has 2 unspecified atom stereocenters. The zero-order valence-corrected chi connectivity index (χ0v) is 8.25. The van der Waals surface area contributed by atoms with Crippen molar-refractivity contribution < 1.29 is 9.48 Å². The summed E-state index contributed by atoms with van der Waals surface area (Å²) in [6.45, 7) is 2.49. The quantitative estimate of drug-likeness (QED) is 0.545. The minimum absolute atomic E-state index is 0.856. The number of hydrogen-bond donors (Lipinski definition) is 0. The predicted octanol–water partition coefficient (Wildman–Crippen LogP) is 1.81. The SMILES string of the molecule is CO[N+]1(C)CC2CCCC(C2)C1. The van der Waals surface area contributed by atoms with Crippen molar-refractivity contribution in [2.24, 2.45) is 11.8 Å². The maximum absolute atomic E-state index is 5.55. The third kappa shape index (κ3) is 1.50. The van der Waals surface area contributed by atoms with E-state index in [1.54, 1.807) is 0 Å². The van der Waals surface area contributed by atoms with E-state index in [0.717, 1.165) is 16.5 Å². The second kappa shape index (κ2) is 3.00. The van der Waals surface area contributed by atoms with Gasteiger partial charge in [-0.2, -0.15) is 4.65 Å². The van der Waals surface area contributed by atoms with Crippen LogP contribution in [0.5, 0.6) is 0 Å². The van der Waals surface area contributed by atoms with Crippen LogP contribution in [0.2, 0.25) is 0 Å². The number of nitrogens with zero attached hydrogens (tertiary/aromatic N) is 1. The minimum atomic E-state index is 0.856. The molecular weight excluding hydrogens is 150 g/mol. The molecule has 2 bridgehead atoms. The first kappa shape index (κ1) is 8.52. The lowest BCUT2D eigenvalue weighted by Crippen LogP contribution is -2.54. The molecule has 0 radical (unpaired) electrons. The summed E-state index contributed by atoms with van der Waals surface area (Å²) >= 11 is 0. The number of rotatable bonds is 1. The molecule has 1 heterocycles. The van der Waals surface area contributed by atoms with Gasteiger partial charge in [-0.1, -0.05) is 6.42 Å². The van der Waals surface area contributed by atoms with Crippen molar-refractivity contribution in [1.29, 1.82) is 0 Å². The molecule has 0 aromatic carbocycles. The normalized spacial score (nSPS) is 47.5. The summed E-state index contributed by atoms with van der Waals surface area (Å²) in [4.78, 5) is 5.55. The van der Waals surface area contributed by atoms with Gasteiger partial charge < -0.3 is 0 Å². The summed E-state index contributed by atoms with van der Waals surface area (Å²) < 4.78 is 0.856. The van der Waals surface area contributed by atoms with E-state index in [9.17, 15) is 0 Å². The predicted molar refractivity (Wildman–Crippen MR) is 48.4 cm³/mol. The molecule has 70 valence electrons. The van der Waals surface area contributed by atoms with Crippen LogP contribution in [-0.4, -0.2) is 31.9 Å². The average molecular weight is 170 g/mol. The van der Waals surface area contributed by atoms with Crippen molar-refractivity contribution in [3.63, 3.8) is 0 Å². The molecule has 2 nitrogen and oxygen atoms in total. The Bertz CT molecular complexity index is 157. The van der Waals surface area contributed by atoms with E-state index < -0.39 is 0 Å². The molecule has 0 aromatic rings. The molecule has 2 rings (SSSR count). The van der Waals surface area contributed by atoms with Crippen LogP contribution in [0.15, 0.2) is 0 Å². The summed E-state index contributed by atoms with van der Waals surface area (Å²) in [5, 5.41) is 0. The van der Waals surface area contributed by atoms with Crippen molar-refractivity contribution in [1.82, 2.24) is 0 Å². The highest BCUT2D eigenvalue weighted by Gasteiger charge is 2.39. The number of fused-ring (bicyclic) bond motifs is 2. The van der Waals surface area contributed by atoms with Crippen molar-refractivity contribution in [2.75, 3.05) is 27.2 Å². The van der Waals surface area contributed by atoms with E-state index in [4.69, 9.17) is 4.84 Å². The van der Waals surface area contributed by atoms with Crippen LogP contribution in [0.4, 0.5) is 0 Å². The Morgan fingerprint density at radius 2 is 1.75 bits per heavy atom. The first-order valence-electron chi connectivity index (χ1n) is 5.12. The smallest absolute Gasteiger partial charge is 0.111 e. The molecule has 2 atom stereocenters. The average Bonchev–Trinajstić information content (AvgIpc) is 2.03. The van der Waals surface area contributed by atoms with E-state index in [-0.39, 0.29) is 0 Å². The highest BCUT2D eigenvalue weighted by molar-refractivity contribution is 4.76. The zero-order valence-electron chi connectivity index (χ0n) is 8.25.